The maximum absolute atomic E-state index is 12.3. The van der Waals surface area contributed by atoms with Crippen LogP contribution in [0.2, 0.25) is 0 Å². The van der Waals surface area contributed by atoms with Crippen molar-refractivity contribution < 1.29 is 5.11 Å². The Labute approximate surface area is 124 Å². The lowest BCUT2D eigenvalue weighted by Crippen LogP contribution is -2.28. The summed E-state index contributed by atoms with van der Waals surface area (Å²) in [5, 5.41) is 10.2. The summed E-state index contributed by atoms with van der Waals surface area (Å²) in [6, 6.07) is 0.169. The van der Waals surface area contributed by atoms with Crippen LogP contribution in [0.3, 0.4) is 0 Å². The van der Waals surface area contributed by atoms with Crippen LogP contribution >= 0.6 is 12.2 Å². The highest BCUT2D eigenvalue weighted by Gasteiger charge is 2.14. The fraction of sp³-hybridized carbons (Fsp3) is 0.643. The molecule has 0 radical (unpaired) electrons. The minimum Gasteiger partial charge on any atom is -0.494 e. The largest absolute Gasteiger partial charge is 0.494 e. The Morgan fingerprint density at radius 2 is 1.75 bits per heavy atom. The predicted octanol–water partition coefficient (Wildman–Crippen LogP) is 2.73. The van der Waals surface area contributed by atoms with Crippen LogP contribution in [0.4, 0.5) is 0 Å². The van der Waals surface area contributed by atoms with Crippen LogP contribution < -0.4 is 5.56 Å². The molecular weight excluding hydrogens is 274 g/mol. The zero-order valence-corrected chi connectivity index (χ0v) is 13.4. The van der Waals surface area contributed by atoms with Crippen molar-refractivity contribution in [2.45, 2.75) is 59.7 Å². The van der Waals surface area contributed by atoms with Crippen LogP contribution in [0.1, 0.15) is 46.1 Å². The zero-order valence-electron chi connectivity index (χ0n) is 12.6. The molecule has 0 aromatic carbocycles. The molecule has 0 saturated carbocycles. The quantitative estimate of drug-likeness (QED) is 0.649. The lowest BCUT2D eigenvalue weighted by atomic mass is 10.2. The average Bonchev–Trinajstić information content (AvgIpc) is 2.44. The minimum absolute atomic E-state index is 0.0955. The fourth-order valence-corrected chi connectivity index (χ4v) is 2.49. The molecule has 0 unspecified atom stereocenters. The van der Waals surface area contributed by atoms with Crippen molar-refractivity contribution >= 4 is 18.4 Å². The summed E-state index contributed by atoms with van der Waals surface area (Å²) in [6.45, 7) is 8.82. The average molecular weight is 297 g/mol. The van der Waals surface area contributed by atoms with E-state index >= 15 is 0 Å². The van der Waals surface area contributed by atoms with Gasteiger partial charge in [-0.05, 0) is 38.9 Å². The van der Waals surface area contributed by atoms with E-state index in [0.29, 0.717) is 17.9 Å². The van der Waals surface area contributed by atoms with Crippen LogP contribution in [0, 0.1) is 4.77 Å². The highest BCUT2D eigenvalue weighted by atomic mass is 32.1. The molecule has 1 N–H and O–H groups in total. The van der Waals surface area contributed by atoms with E-state index in [1.165, 1.54) is 10.8 Å². The maximum Gasteiger partial charge on any atom is 0.267 e. The SMILES string of the molecule is CCC(CC)N=Cc1c(O)n(CC)c(=S)n(CC)c1=O. The predicted molar refractivity (Wildman–Crippen MR) is 84.5 cm³/mol. The van der Waals surface area contributed by atoms with Gasteiger partial charge >= 0.3 is 0 Å². The maximum atomic E-state index is 12.3. The molecule has 1 heterocycles. The molecule has 20 heavy (non-hydrogen) atoms. The van der Waals surface area contributed by atoms with Gasteiger partial charge in [0.2, 0.25) is 5.88 Å². The number of rotatable bonds is 6. The molecule has 0 bridgehead atoms. The number of aliphatic imine (C=N–C) groups is 1. The van der Waals surface area contributed by atoms with Crippen molar-refractivity contribution in [3.05, 3.63) is 20.7 Å². The number of aromatic nitrogens is 2. The highest BCUT2D eigenvalue weighted by molar-refractivity contribution is 7.71. The van der Waals surface area contributed by atoms with Gasteiger partial charge in [-0.25, -0.2) is 0 Å². The molecule has 0 amide bonds. The van der Waals surface area contributed by atoms with Crippen LogP contribution in [-0.2, 0) is 13.1 Å². The lowest BCUT2D eigenvalue weighted by Gasteiger charge is -2.14. The highest BCUT2D eigenvalue weighted by Crippen LogP contribution is 2.13. The molecule has 1 aromatic rings. The summed E-state index contributed by atoms with van der Waals surface area (Å²) in [5.74, 6) is -0.0955. The molecule has 6 heteroatoms. The molecule has 0 aliphatic heterocycles. The molecule has 0 saturated heterocycles. The van der Waals surface area contributed by atoms with Gasteiger partial charge in [-0.15, -0.1) is 0 Å². The molecule has 0 aliphatic carbocycles. The minimum atomic E-state index is -0.283. The van der Waals surface area contributed by atoms with Crippen molar-refractivity contribution in [1.29, 1.82) is 0 Å². The van der Waals surface area contributed by atoms with Crippen molar-refractivity contribution in [2.75, 3.05) is 0 Å². The first-order valence-corrected chi connectivity index (χ1v) is 7.52. The molecular formula is C14H23N3O2S. The first-order valence-electron chi connectivity index (χ1n) is 7.11. The normalized spacial score (nSPS) is 11.7. The van der Waals surface area contributed by atoms with Crippen LogP contribution in [-0.4, -0.2) is 26.5 Å². The van der Waals surface area contributed by atoms with E-state index in [2.05, 4.69) is 4.99 Å². The van der Waals surface area contributed by atoms with Gasteiger partial charge in [-0.1, -0.05) is 13.8 Å². The topological polar surface area (TPSA) is 59.5 Å². The molecule has 112 valence electrons. The molecule has 5 nitrogen and oxygen atoms in total. The molecule has 0 spiro atoms. The third kappa shape index (κ3) is 3.17. The number of nitrogens with zero attached hydrogens (tertiary/aromatic N) is 3. The second-order valence-electron chi connectivity index (χ2n) is 4.56. The fourth-order valence-electron chi connectivity index (χ4n) is 2.07. The van der Waals surface area contributed by atoms with Gasteiger partial charge in [0.25, 0.3) is 5.56 Å². The summed E-state index contributed by atoms with van der Waals surface area (Å²) < 4.78 is 3.37. The van der Waals surface area contributed by atoms with E-state index in [1.807, 2.05) is 27.7 Å². The number of hydrogen-bond acceptors (Lipinski definition) is 4. The summed E-state index contributed by atoms with van der Waals surface area (Å²) in [6.07, 6.45) is 3.30. The Kier molecular flexibility index (Phi) is 6.13. The smallest absolute Gasteiger partial charge is 0.267 e. The van der Waals surface area contributed by atoms with Gasteiger partial charge in [0.15, 0.2) is 4.77 Å². The summed E-state index contributed by atoms with van der Waals surface area (Å²) in [5.41, 5.74) is -0.0661. The van der Waals surface area contributed by atoms with Gasteiger partial charge < -0.3 is 5.11 Å². The van der Waals surface area contributed by atoms with Crippen LogP contribution in [0.5, 0.6) is 5.88 Å². The summed E-state index contributed by atoms with van der Waals surface area (Å²) in [4.78, 5) is 16.7. The first-order chi connectivity index (χ1) is 9.51. The van der Waals surface area contributed by atoms with E-state index in [-0.39, 0.29) is 23.0 Å². The van der Waals surface area contributed by atoms with Crippen LogP contribution in [0.15, 0.2) is 9.79 Å². The molecule has 1 rings (SSSR count). The van der Waals surface area contributed by atoms with Crippen LogP contribution in [0.25, 0.3) is 0 Å². The monoisotopic (exact) mass is 297 g/mol. The first kappa shape index (κ1) is 16.6. The van der Waals surface area contributed by atoms with E-state index < -0.39 is 0 Å². The second-order valence-corrected chi connectivity index (χ2v) is 4.93. The van der Waals surface area contributed by atoms with Gasteiger partial charge in [-0.2, -0.15) is 0 Å². The van der Waals surface area contributed by atoms with Crippen molar-refractivity contribution in [2.24, 2.45) is 4.99 Å². The third-order valence-electron chi connectivity index (χ3n) is 3.42. The van der Waals surface area contributed by atoms with Gasteiger partial charge in [0, 0.05) is 25.3 Å². The standard InChI is InChI=1S/C14H23N3O2S/c1-5-10(6-2)15-9-11-12(18)16(7-3)14(20)17(8-4)13(11)19/h9-10,18H,5-8H2,1-4H3. The number of hydrogen-bond donors (Lipinski definition) is 1. The summed E-state index contributed by atoms with van der Waals surface area (Å²) >= 11 is 5.23. The third-order valence-corrected chi connectivity index (χ3v) is 3.86. The van der Waals surface area contributed by atoms with Crippen molar-refractivity contribution in [3.63, 3.8) is 0 Å². The Hall–Kier alpha value is -1.43. The lowest BCUT2D eigenvalue weighted by molar-refractivity contribution is 0.399. The van der Waals surface area contributed by atoms with E-state index in [4.69, 9.17) is 12.2 Å². The molecule has 0 aliphatic rings. The Balaban J connectivity index is 3.47. The Morgan fingerprint density at radius 1 is 1.20 bits per heavy atom. The Morgan fingerprint density at radius 3 is 2.20 bits per heavy atom. The van der Waals surface area contributed by atoms with E-state index in [9.17, 15) is 9.90 Å². The van der Waals surface area contributed by atoms with E-state index in [1.54, 1.807) is 4.57 Å². The zero-order chi connectivity index (χ0) is 15.3. The van der Waals surface area contributed by atoms with E-state index in [0.717, 1.165) is 12.8 Å². The Bertz CT molecular complexity index is 598. The van der Waals surface area contributed by atoms with Gasteiger partial charge in [0.1, 0.15) is 5.56 Å². The molecule has 0 atom stereocenters. The second kappa shape index (κ2) is 7.38. The summed E-state index contributed by atoms with van der Waals surface area (Å²) in [7, 11) is 0. The van der Waals surface area contributed by atoms with Crippen molar-refractivity contribution in [1.82, 2.24) is 9.13 Å². The molecule has 0 fully saturated rings. The van der Waals surface area contributed by atoms with Crippen molar-refractivity contribution in [3.8, 4) is 5.88 Å². The van der Waals surface area contributed by atoms with Gasteiger partial charge in [-0.3, -0.25) is 18.9 Å². The van der Waals surface area contributed by atoms with Gasteiger partial charge in [0.05, 0.1) is 0 Å². The molecule has 1 aromatic heterocycles. The number of aromatic hydroxyl groups is 1.